The van der Waals surface area contributed by atoms with Gasteiger partial charge in [-0.3, -0.25) is 0 Å². The van der Waals surface area contributed by atoms with Gasteiger partial charge in [0.2, 0.25) is 0 Å². The van der Waals surface area contributed by atoms with Crippen LogP contribution in [0.3, 0.4) is 0 Å². The molecule has 0 fully saturated rings. The number of benzene rings is 5. The normalized spacial score (nSPS) is 17.1. The zero-order valence-electron chi connectivity index (χ0n) is 23.8. The molecule has 0 aliphatic heterocycles. The van der Waals surface area contributed by atoms with E-state index in [9.17, 15) is 0 Å². The predicted octanol–water partition coefficient (Wildman–Crippen LogP) is 10.5. The van der Waals surface area contributed by atoms with E-state index in [-0.39, 0.29) is 6.04 Å². The van der Waals surface area contributed by atoms with Crippen molar-refractivity contribution in [2.75, 3.05) is 9.80 Å². The van der Waals surface area contributed by atoms with Crippen LogP contribution < -0.4 is 9.80 Å². The van der Waals surface area contributed by atoms with Gasteiger partial charge in [0.1, 0.15) is 0 Å². The van der Waals surface area contributed by atoms with Gasteiger partial charge in [-0.2, -0.15) is 0 Å². The van der Waals surface area contributed by atoms with E-state index in [0.717, 1.165) is 32.1 Å². The molecule has 3 aliphatic carbocycles. The lowest BCUT2D eigenvalue weighted by atomic mass is 9.84. The second kappa shape index (κ2) is 10.5. The summed E-state index contributed by atoms with van der Waals surface area (Å²) in [6, 6.07) is 36.3. The number of allylic oxidation sites excluding steroid dienone is 6. The maximum atomic E-state index is 2.57. The number of hydrogen-bond donors (Lipinski definition) is 0. The summed E-state index contributed by atoms with van der Waals surface area (Å²) in [5.41, 5.74) is 9.34. The highest BCUT2D eigenvalue weighted by Gasteiger charge is 2.27. The van der Waals surface area contributed by atoms with Crippen LogP contribution in [-0.4, -0.2) is 6.04 Å². The lowest BCUT2D eigenvalue weighted by Gasteiger charge is -2.36. The van der Waals surface area contributed by atoms with Gasteiger partial charge in [0.25, 0.3) is 0 Å². The molecule has 8 rings (SSSR count). The van der Waals surface area contributed by atoms with E-state index >= 15 is 0 Å². The van der Waals surface area contributed by atoms with Gasteiger partial charge >= 0.3 is 0 Å². The fourth-order valence-electron chi connectivity index (χ4n) is 7.19. The number of rotatable bonds is 6. The molecule has 5 aromatic carbocycles. The lowest BCUT2D eigenvalue weighted by molar-refractivity contribution is 0.779. The Bertz CT molecular complexity index is 1910. The van der Waals surface area contributed by atoms with Gasteiger partial charge in [0.05, 0.1) is 11.7 Å². The van der Waals surface area contributed by atoms with Crippen LogP contribution in [0.25, 0.3) is 21.5 Å². The van der Waals surface area contributed by atoms with Gasteiger partial charge in [-0.1, -0.05) is 97.1 Å². The Morgan fingerprint density at radius 1 is 0.595 bits per heavy atom. The summed E-state index contributed by atoms with van der Waals surface area (Å²) in [6.07, 6.45) is 21.0. The summed E-state index contributed by atoms with van der Waals surface area (Å²) >= 11 is 0. The molecule has 0 saturated heterocycles. The van der Waals surface area contributed by atoms with Crippen LogP contribution in [0, 0.1) is 0 Å². The van der Waals surface area contributed by atoms with E-state index in [1.54, 1.807) is 0 Å². The van der Waals surface area contributed by atoms with E-state index < -0.39 is 0 Å². The summed E-state index contributed by atoms with van der Waals surface area (Å²) in [6.45, 7) is 0. The van der Waals surface area contributed by atoms with Gasteiger partial charge in [0, 0.05) is 28.1 Å². The molecule has 0 heterocycles. The number of hydrogen-bond acceptors (Lipinski definition) is 2. The molecule has 1 unspecified atom stereocenters. The first-order valence-corrected chi connectivity index (χ1v) is 15.3. The molecule has 0 bridgehead atoms. The zero-order valence-corrected chi connectivity index (χ0v) is 23.8. The van der Waals surface area contributed by atoms with Crippen LogP contribution >= 0.6 is 0 Å². The Balaban J connectivity index is 1.37. The maximum Gasteiger partial charge on any atom is 0.0559 e. The van der Waals surface area contributed by atoms with Gasteiger partial charge in [-0.15, -0.1) is 0 Å². The molecule has 2 nitrogen and oxygen atoms in total. The highest BCUT2D eigenvalue weighted by molar-refractivity contribution is 6.17. The quantitative estimate of drug-likeness (QED) is 0.197. The molecule has 1 atom stereocenters. The maximum absolute atomic E-state index is 2.57. The van der Waals surface area contributed by atoms with E-state index in [1.807, 2.05) is 0 Å². The summed E-state index contributed by atoms with van der Waals surface area (Å²) in [4.78, 5) is 5.06. The fourth-order valence-corrected chi connectivity index (χ4v) is 7.19. The number of anilines is 4. The van der Waals surface area contributed by atoms with Crippen molar-refractivity contribution in [1.82, 2.24) is 0 Å². The van der Waals surface area contributed by atoms with Gasteiger partial charge in [-0.25, -0.2) is 0 Å². The van der Waals surface area contributed by atoms with Crippen LogP contribution in [0.15, 0.2) is 145 Å². The summed E-state index contributed by atoms with van der Waals surface area (Å²) in [5, 5.41) is 5.52. The third-order valence-corrected chi connectivity index (χ3v) is 9.07. The first-order chi connectivity index (χ1) is 20.9. The molecule has 0 spiro atoms. The van der Waals surface area contributed by atoms with E-state index in [0.29, 0.717) is 0 Å². The topological polar surface area (TPSA) is 6.48 Å². The standard InChI is InChI=1S/C40H34N2/c1-5-13-31(14-6-1)41(32-15-7-2-8-16-32)37-27-23-29-22-26-36-38(28-24-30-21-25-35(37)39(29)40(30)36)42(33-17-9-3-10-18-33)34-19-11-4-12-20-34/h1-11,13-15,17-19,22-24,26-28,32H,12,16,20-21,25H2. The monoisotopic (exact) mass is 542 g/mol. The van der Waals surface area contributed by atoms with Crippen molar-refractivity contribution >= 4 is 44.3 Å². The third-order valence-electron chi connectivity index (χ3n) is 9.07. The molecule has 204 valence electrons. The molecule has 0 aromatic heterocycles. The van der Waals surface area contributed by atoms with Crippen molar-refractivity contribution in [3.05, 3.63) is 156 Å². The minimum absolute atomic E-state index is 0.290. The molecular weight excluding hydrogens is 508 g/mol. The van der Waals surface area contributed by atoms with Crippen LogP contribution in [0.5, 0.6) is 0 Å². The Labute approximate surface area is 248 Å². The van der Waals surface area contributed by atoms with E-state index in [2.05, 4.69) is 149 Å². The van der Waals surface area contributed by atoms with Crippen molar-refractivity contribution in [2.24, 2.45) is 0 Å². The van der Waals surface area contributed by atoms with Crippen LogP contribution in [0.4, 0.5) is 22.7 Å². The van der Waals surface area contributed by atoms with Gasteiger partial charge in [-0.05, 0) is 102 Å². The van der Waals surface area contributed by atoms with Gasteiger partial charge < -0.3 is 9.80 Å². The van der Waals surface area contributed by atoms with E-state index in [1.165, 1.54) is 61.1 Å². The Morgan fingerprint density at radius 2 is 1.38 bits per heavy atom. The highest BCUT2D eigenvalue weighted by Crippen LogP contribution is 2.46. The smallest absolute Gasteiger partial charge is 0.0559 e. The minimum atomic E-state index is 0.290. The Hall–Kier alpha value is -4.82. The molecule has 3 aliphatic rings. The second-order valence-corrected chi connectivity index (χ2v) is 11.5. The molecule has 0 saturated carbocycles. The fraction of sp³-hybridized carbons (Fsp3) is 0.150. The minimum Gasteiger partial charge on any atom is -0.334 e. The van der Waals surface area contributed by atoms with Crippen molar-refractivity contribution in [2.45, 2.75) is 38.1 Å². The summed E-state index contributed by atoms with van der Waals surface area (Å²) < 4.78 is 0. The first-order valence-electron chi connectivity index (χ1n) is 15.3. The number of aryl methyl sites for hydroxylation is 2. The molecule has 0 radical (unpaired) electrons. The largest absolute Gasteiger partial charge is 0.334 e. The summed E-state index contributed by atoms with van der Waals surface area (Å²) in [5.74, 6) is 0. The van der Waals surface area contributed by atoms with E-state index in [4.69, 9.17) is 0 Å². The van der Waals surface area contributed by atoms with Crippen molar-refractivity contribution in [3.8, 4) is 0 Å². The Kier molecular flexibility index (Phi) is 6.26. The molecule has 5 aromatic rings. The predicted molar refractivity (Wildman–Crippen MR) is 179 cm³/mol. The van der Waals surface area contributed by atoms with Crippen molar-refractivity contribution < 1.29 is 0 Å². The average molecular weight is 543 g/mol. The SMILES string of the molecule is C1=CCCC(N(c2ccccc2)c2ccc3c4c2ccc2ccc(N(c5ccccc5)C5C=CC=CC5)c(c24)CC3)=C1. The van der Waals surface area contributed by atoms with Crippen LogP contribution in [-0.2, 0) is 12.8 Å². The van der Waals surface area contributed by atoms with Crippen LogP contribution in [0.1, 0.15) is 30.4 Å². The van der Waals surface area contributed by atoms with Crippen molar-refractivity contribution in [3.63, 3.8) is 0 Å². The second-order valence-electron chi connectivity index (χ2n) is 11.5. The first kappa shape index (κ1) is 24.9. The average Bonchev–Trinajstić information content (AvgIpc) is 3.07. The molecule has 42 heavy (non-hydrogen) atoms. The molecule has 0 amide bonds. The zero-order chi connectivity index (χ0) is 27.9. The molecule has 2 heteroatoms. The van der Waals surface area contributed by atoms with Crippen molar-refractivity contribution in [1.29, 1.82) is 0 Å². The number of para-hydroxylation sites is 2. The molecule has 0 N–H and O–H groups in total. The molecular formula is C40H34N2. The third kappa shape index (κ3) is 4.18. The lowest BCUT2D eigenvalue weighted by Crippen LogP contribution is -2.31. The number of nitrogens with zero attached hydrogens (tertiary/aromatic N) is 2. The summed E-state index contributed by atoms with van der Waals surface area (Å²) in [7, 11) is 0. The Morgan fingerprint density at radius 3 is 2.14 bits per heavy atom. The van der Waals surface area contributed by atoms with Crippen LogP contribution in [0.2, 0.25) is 0 Å². The highest BCUT2D eigenvalue weighted by atomic mass is 15.2. The van der Waals surface area contributed by atoms with Gasteiger partial charge in [0.15, 0.2) is 0 Å².